The predicted octanol–water partition coefficient (Wildman–Crippen LogP) is 2.71. The molecular formula is C12H12F3NO2. The second-order valence-electron chi connectivity index (χ2n) is 4.17. The topological polar surface area (TPSA) is 39.2 Å². The lowest BCUT2D eigenvalue weighted by atomic mass is 9.89. The molecule has 2 rings (SSSR count). The summed E-state index contributed by atoms with van der Waals surface area (Å²) in [4.78, 5) is 15.7. The van der Waals surface area contributed by atoms with Crippen LogP contribution in [0.15, 0.2) is 18.5 Å². The lowest BCUT2D eigenvalue weighted by Crippen LogP contribution is -2.25. The van der Waals surface area contributed by atoms with Gasteiger partial charge in [-0.2, -0.15) is 13.2 Å². The third-order valence-electron chi connectivity index (χ3n) is 2.98. The largest absolute Gasteiger partial charge is 0.417 e. The normalized spacial score (nSPS) is 17.7. The molecule has 98 valence electrons. The number of ether oxygens (including phenoxy) is 1. The first kappa shape index (κ1) is 13.0. The first-order chi connectivity index (χ1) is 8.50. The standard InChI is InChI=1S/C12H12F3NO2/c13-12(14,15)10-1-4-16-7-9(10)11(17)8-2-5-18-6-3-8/h1,4,7-8H,2-3,5-6H2. The fourth-order valence-electron chi connectivity index (χ4n) is 2.02. The maximum Gasteiger partial charge on any atom is 0.417 e. The molecule has 0 aromatic carbocycles. The van der Waals surface area contributed by atoms with Gasteiger partial charge in [0, 0.05) is 37.1 Å². The highest BCUT2D eigenvalue weighted by atomic mass is 19.4. The number of ketones is 1. The van der Waals surface area contributed by atoms with Crippen LogP contribution >= 0.6 is 0 Å². The van der Waals surface area contributed by atoms with Gasteiger partial charge < -0.3 is 4.74 Å². The van der Waals surface area contributed by atoms with Gasteiger partial charge in [0.1, 0.15) is 0 Å². The van der Waals surface area contributed by atoms with Gasteiger partial charge in [-0.25, -0.2) is 0 Å². The van der Waals surface area contributed by atoms with Crippen molar-refractivity contribution in [1.29, 1.82) is 0 Å². The van der Waals surface area contributed by atoms with Crippen molar-refractivity contribution in [3.63, 3.8) is 0 Å². The summed E-state index contributed by atoms with van der Waals surface area (Å²) in [5.74, 6) is -0.886. The number of Topliss-reactive ketones (excluding diaryl/α,β-unsaturated/α-hetero) is 1. The predicted molar refractivity (Wildman–Crippen MR) is 57.1 cm³/mol. The molecule has 0 unspecified atom stereocenters. The molecule has 1 aliphatic heterocycles. The van der Waals surface area contributed by atoms with Crippen LogP contribution in [0.1, 0.15) is 28.8 Å². The summed E-state index contributed by atoms with van der Waals surface area (Å²) in [5.41, 5.74) is -1.24. The molecule has 2 heterocycles. The van der Waals surface area contributed by atoms with E-state index in [-0.39, 0.29) is 5.56 Å². The molecule has 1 aliphatic rings. The minimum atomic E-state index is -4.53. The first-order valence-corrected chi connectivity index (χ1v) is 5.63. The quantitative estimate of drug-likeness (QED) is 0.766. The van der Waals surface area contributed by atoms with E-state index in [1.165, 1.54) is 0 Å². The third-order valence-corrected chi connectivity index (χ3v) is 2.98. The highest BCUT2D eigenvalue weighted by Crippen LogP contribution is 2.33. The van der Waals surface area contributed by atoms with Gasteiger partial charge >= 0.3 is 6.18 Å². The molecule has 1 aromatic rings. The lowest BCUT2D eigenvalue weighted by Gasteiger charge is -2.22. The maximum absolute atomic E-state index is 12.8. The van der Waals surface area contributed by atoms with Gasteiger partial charge in [-0.1, -0.05) is 0 Å². The lowest BCUT2D eigenvalue weighted by molar-refractivity contribution is -0.138. The number of carbonyl (C=O) groups excluding carboxylic acids is 1. The van der Waals surface area contributed by atoms with Crippen LogP contribution < -0.4 is 0 Å². The van der Waals surface area contributed by atoms with Crippen LogP contribution in [0.5, 0.6) is 0 Å². The van der Waals surface area contributed by atoms with E-state index in [0.717, 1.165) is 18.5 Å². The molecule has 0 saturated carbocycles. The van der Waals surface area contributed by atoms with Gasteiger partial charge in [0.2, 0.25) is 0 Å². The fourth-order valence-corrected chi connectivity index (χ4v) is 2.02. The first-order valence-electron chi connectivity index (χ1n) is 5.63. The van der Waals surface area contributed by atoms with Crippen LogP contribution in [0.3, 0.4) is 0 Å². The number of halogens is 3. The number of hydrogen-bond acceptors (Lipinski definition) is 3. The van der Waals surface area contributed by atoms with Crippen LogP contribution in [0.2, 0.25) is 0 Å². The molecule has 0 N–H and O–H groups in total. The van der Waals surface area contributed by atoms with Crippen molar-refractivity contribution >= 4 is 5.78 Å². The van der Waals surface area contributed by atoms with E-state index in [1.54, 1.807) is 0 Å². The molecule has 1 aromatic heterocycles. The molecule has 0 bridgehead atoms. The molecule has 0 spiro atoms. The Morgan fingerprint density at radius 2 is 2.00 bits per heavy atom. The van der Waals surface area contributed by atoms with Gasteiger partial charge in [0.15, 0.2) is 5.78 Å². The number of nitrogens with zero attached hydrogens (tertiary/aromatic N) is 1. The van der Waals surface area contributed by atoms with E-state index in [9.17, 15) is 18.0 Å². The monoisotopic (exact) mass is 259 g/mol. The number of hydrogen-bond donors (Lipinski definition) is 0. The van der Waals surface area contributed by atoms with Gasteiger partial charge in [0.05, 0.1) is 5.56 Å². The van der Waals surface area contributed by atoms with Gasteiger partial charge in [0.25, 0.3) is 0 Å². The highest BCUT2D eigenvalue weighted by Gasteiger charge is 2.36. The van der Waals surface area contributed by atoms with Crippen LogP contribution in [0, 0.1) is 5.92 Å². The summed E-state index contributed by atoms with van der Waals surface area (Å²) in [5, 5.41) is 0. The molecule has 18 heavy (non-hydrogen) atoms. The summed E-state index contributed by atoms with van der Waals surface area (Å²) >= 11 is 0. The minimum Gasteiger partial charge on any atom is -0.381 e. The van der Waals surface area contributed by atoms with Crippen molar-refractivity contribution in [2.45, 2.75) is 19.0 Å². The second kappa shape index (κ2) is 5.06. The van der Waals surface area contributed by atoms with Crippen LogP contribution in [-0.2, 0) is 10.9 Å². The van der Waals surface area contributed by atoms with Crippen molar-refractivity contribution in [2.24, 2.45) is 5.92 Å². The molecular weight excluding hydrogens is 247 g/mol. The van der Waals surface area contributed by atoms with Crippen molar-refractivity contribution in [2.75, 3.05) is 13.2 Å². The highest BCUT2D eigenvalue weighted by molar-refractivity contribution is 5.99. The van der Waals surface area contributed by atoms with E-state index in [4.69, 9.17) is 4.74 Å². The molecule has 0 radical (unpaired) electrons. The number of pyridine rings is 1. The summed E-state index contributed by atoms with van der Waals surface area (Å²) in [7, 11) is 0. The van der Waals surface area contributed by atoms with Crippen molar-refractivity contribution in [3.8, 4) is 0 Å². The zero-order valence-electron chi connectivity index (χ0n) is 9.54. The molecule has 0 atom stereocenters. The molecule has 6 heteroatoms. The van der Waals surface area contributed by atoms with E-state index in [0.29, 0.717) is 26.1 Å². The summed E-state index contributed by atoms with van der Waals surface area (Å²) in [6.07, 6.45) is -1.56. The van der Waals surface area contributed by atoms with Crippen molar-refractivity contribution in [1.82, 2.24) is 4.98 Å². The second-order valence-corrected chi connectivity index (χ2v) is 4.17. The van der Waals surface area contributed by atoms with Gasteiger partial charge in [-0.05, 0) is 18.9 Å². The minimum absolute atomic E-state index is 0.336. The molecule has 1 fully saturated rings. The molecule has 0 amide bonds. The van der Waals surface area contributed by atoms with E-state index < -0.39 is 23.4 Å². The average molecular weight is 259 g/mol. The van der Waals surface area contributed by atoms with E-state index >= 15 is 0 Å². The van der Waals surface area contributed by atoms with Gasteiger partial charge in [-0.15, -0.1) is 0 Å². The average Bonchev–Trinajstić information content (AvgIpc) is 2.38. The number of carbonyl (C=O) groups is 1. The summed E-state index contributed by atoms with van der Waals surface area (Å²) in [6, 6.07) is 0.840. The Morgan fingerprint density at radius 1 is 1.33 bits per heavy atom. The SMILES string of the molecule is O=C(c1cnccc1C(F)(F)F)C1CCOCC1. The fraction of sp³-hybridized carbons (Fsp3) is 0.500. The van der Waals surface area contributed by atoms with Crippen molar-refractivity contribution < 1.29 is 22.7 Å². The zero-order valence-corrected chi connectivity index (χ0v) is 9.54. The number of alkyl halides is 3. The Bertz CT molecular complexity index is 439. The Hall–Kier alpha value is -1.43. The zero-order chi connectivity index (χ0) is 13.2. The summed E-state index contributed by atoms with van der Waals surface area (Å²) < 4.78 is 43.4. The van der Waals surface area contributed by atoms with E-state index in [2.05, 4.69) is 4.98 Å². The Labute approximate surface area is 102 Å². The number of aromatic nitrogens is 1. The Morgan fingerprint density at radius 3 is 2.61 bits per heavy atom. The molecule has 3 nitrogen and oxygen atoms in total. The van der Waals surface area contributed by atoms with Crippen molar-refractivity contribution in [3.05, 3.63) is 29.6 Å². The molecule has 1 saturated heterocycles. The van der Waals surface area contributed by atoms with E-state index in [1.807, 2.05) is 0 Å². The number of rotatable bonds is 2. The maximum atomic E-state index is 12.8. The third kappa shape index (κ3) is 2.69. The summed E-state index contributed by atoms with van der Waals surface area (Å²) in [6.45, 7) is 0.829. The Balaban J connectivity index is 2.30. The van der Waals surface area contributed by atoms with Gasteiger partial charge in [-0.3, -0.25) is 9.78 Å². The van der Waals surface area contributed by atoms with Crippen LogP contribution in [-0.4, -0.2) is 24.0 Å². The Kier molecular flexibility index (Phi) is 3.65. The molecule has 0 aliphatic carbocycles. The van der Waals surface area contributed by atoms with Crippen LogP contribution in [0.4, 0.5) is 13.2 Å². The smallest absolute Gasteiger partial charge is 0.381 e. The van der Waals surface area contributed by atoms with Crippen LogP contribution in [0.25, 0.3) is 0 Å².